The van der Waals surface area contributed by atoms with E-state index in [2.05, 4.69) is 10.3 Å². The quantitative estimate of drug-likeness (QED) is 0.713. The van der Waals surface area contributed by atoms with Crippen LogP contribution in [0, 0.1) is 0 Å². The predicted octanol–water partition coefficient (Wildman–Crippen LogP) is 1.90. The van der Waals surface area contributed by atoms with E-state index in [-0.39, 0.29) is 13.1 Å². The van der Waals surface area contributed by atoms with E-state index in [1.54, 1.807) is 53.2 Å². The van der Waals surface area contributed by atoms with Crippen molar-refractivity contribution in [3.8, 4) is 0 Å². The first-order chi connectivity index (χ1) is 12.5. The molecule has 0 radical (unpaired) electrons. The average Bonchev–Trinajstić information content (AvgIpc) is 3.14. The van der Waals surface area contributed by atoms with E-state index in [0.717, 1.165) is 4.90 Å². The lowest BCUT2D eigenvalue weighted by atomic mass is 10.1. The molecule has 1 N–H and O–H groups in total. The molecule has 2 aromatic heterocycles. The van der Waals surface area contributed by atoms with Crippen molar-refractivity contribution in [3.05, 3.63) is 70.6 Å². The van der Waals surface area contributed by atoms with Crippen LogP contribution in [0.3, 0.4) is 0 Å². The number of imidazole rings is 1. The van der Waals surface area contributed by atoms with E-state index < -0.39 is 17.7 Å². The minimum atomic E-state index is -0.455. The Hall–Kier alpha value is -3.19. The van der Waals surface area contributed by atoms with Gasteiger partial charge in [-0.25, -0.2) is 4.98 Å². The smallest absolute Gasteiger partial charge is 0.262 e. The van der Waals surface area contributed by atoms with E-state index in [0.29, 0.717) is 27.5 Å². The van der Waals surface area contributed by atoms with Gasteiger partial charge in [0.15, 0.2) is 0 Å². The highest BCUT2D eigenvalue weighted by Gasteiger charge is 2.36. The Kier molecular flexibility index (Phi) is 3.93. The number of carbonyl (C=O) groups is 3. The number of nitrogens with one attached hydrogen (secondary N) is 1. The number of amides is 3. The molecule has 0 fully saturated rings. The van der Waals surface area contributed by atoms with Gasteiger partial charge >= 0.3 is 0 Å². The molecule has 8 heteroatoms. The van der Waals surface area contributed by atoms with Gasteiger partial charge in [-0.3, -0.25) is 19.3 Å². The van der Waals surface area contributed by atoms with Crippen LogP contribution in [0.25, 0.3) is 5.65 Å². The normalized spacial score (nSPS) is 13.3. The third-order valence-corrected chi connectivity index (χ3v) is 4.34. The Bertz CT molecular complexity index is 1020. The van der Waals surface area contributed by atoms with Crippen molar-refractivity contribution >= 4 is 35.0 Å². The number of benzene rings is 1. The zero-order chi connectivity index (χ0) is 18.3. The Morgan fingerprint density at radius 3 is 2.42 bits per heavy atom. The lowest BCUT2D eigenvalue weighted by molar-refractivity contribution is -0.121. The molecule has 26 heavy (non-hydrogen) atoms. The minimum Gasteiger partial charge on any atom is -0.349 e. The maximum absolute atomic E-state index is 12.3. The molecule has 0 spiro atoms. The SMILES string of the molecule is O=C(CN1C(=O)c2ccccc2C1=O)NCc1cn2cc(Cl)ccc2n1. The topological polar surface area (TPSA) is 83.8 Å². The van der Waals surface area contributed by atoms with Gasteiger partial charge < -0.3 is 9.72 Å². The monoisotopic (exact) mass is 368 g/mol. The fourth-order valence-electron chi connectivity index (χ4n) is 2.87. The van der Waals surface area contributed by atoms with Crippen molar-refractivity contribution in [1.82, 2.24) is 19.6 Å². The van der Waals surface area contributed by atoms with Gasteiger partial charge in [0.1, 0.15) is 12.2 Å². The summed E-state index contributed by atoms with van der Waals surface area (Å²) in [4.78, 5) is 42.0. The molecular formula is C18H13ClN4O3. The van der Waals surface area contributed by atoms with Crippen LogP contribution in [-0.2, 0) is 11.3 Å². The number of nitrogens with zero attached hydrogens (tertiary/aromatic N) is 3. The van der Waals surface area contributed by atoms with Crippen molar-refractivity contribution in [2.75, 3.05) is 6.54 Å². The van der Waals surface area contributed by atoms with Crippen LogP contribution in [-0.4, -0.2) is 38.6 Å². The average molecular weight is 369 g/mol. The number of rotatable bonds is 4. The Balaban J connectivity index is 1.41. The summed E-state index contributed by atoms with van der Waals surface area (Å²) in [6, 6.07) is 10.0. The lowest BCUT2D eigenvalue weighted by Crippen LogP contribution is -2.40. The summed E-state index contributed by atoms with van der Waals surface area (Å²) in [5.41, 5.74) is 1.99. The largest absolute Gasteiger partial charge is 0.349 e. The molecule has 0 aliphatic carbocycles. The third kappa shape index (κ3) is 2.82. The second-order valence-electron chi connectivity index (χ2n) is 5.86. The van der Waals surface area contributed by atoms with Gasteiger partial charge in [0, 0.05) is 12.4 Å². The highest BCUT2D eigenvalue weighted by molar-refractivity contribution is 6.30. The summed E-state index contributed by atoms with van der Waals surface area (Å²) in [5, 5.41) is 3.26. The van der Waals surface area contributed by atoms with Gasteiger partial charge in [0.05, 0.1) is 28.4 Å². The Morgan fingerprint density at radius 2 is 1.73 bits per heavy atom. The number of hydrogen-bond acceptors (Lipinski definition) is 4. The van der Waals surface area contributed by atoms with Crippen LogP contribution in [0.5, 0.6) is 0 Å². The second kappa shape index (κ2) is 6.27. The van der Waals surface area contributed by atoms with Gasteiger partial charge in [0.2, 0.25) is 5.91 Å². The van der Waals surface area contributed by atoms with Crippen molar-refractivity contribution in [1.29, 1.82) is 0 Å². The summed E-state index contributed by atoms with van der Waals surface area (Å²) in [6.45, 7) is -0.146. The first kappa shape index (κ1) is 16.3. The highest BCUT2D eigenvalue weighted by Crippen LogP contribution is 2.21. The maximum atomic E-state index is 12.3. The van der Waals surface area contributed by atoms with Crippen LogP contribution in [0.2, 0.25) is 5.02 Å². The molecule has 1 aliphatic heterocycles. The van der Waals surface area contributed by atoms with E-state index in [9.17, 15) is 14.4 Å². The Labute approximate surface area is 153 Å². The molecular weight excluding hydrogens is 356 g/mol. The van der Waals surface area contributed by atoms with Crippen LogP contribution < -0.4 is 5.32 Å². The van der Waals surface area contributed by atoms with Crippen LogP contribution in [0.15, 0.2) is 48.8 Å². The molecule has 3 aromatic rings. The minimum absolute atomic E-state index is 0.182. The van der Waals surface area contributed by atoms with Gasteiger partial charge in [0.25, 0.3) is 11.8 Å². The molecule has 0 bridgehead atoms. The molecule has 4 rings (SSSR count). The first-order valence-electron chi connectivity index (χ1n) is 7.88. The molecule has 3 heterocycles. The first-order valence-corrected chi connectivity index (χ1v) is 8.26. The van der Waals surface area contributed by atoms with Crippen molar-refractivity contribution < 1.29 is 14.4 Å². The zero-order valence-corrected chi connectivity index (χ0v) is 14.2. The molecule has 0 atom stereocenters. The summed E-state index contributed by atoms with van der Waals surface area (Å²) in [7, 11) is 0. The maximum Gasteiger partial charge on any atom is 0.262 e. The van der Waals surface area contributed by atoms with Gasteiger partial charge in [-0.2, -0.15) is 0 Å². The van der Waals surface area contributed by atoms with Gasteiger partial charge in [-0.15, -0.1) is 0 Å². The van der Waals surface area contributed by atoms with E-state index >= 15 is 0 Å². The zero-order valence-electron chi connectivity index (χ0n) is 13.5. The van der Waals surface area contributed by atoms with E-state index in [1.165, 1.54) is 0 Å². The fourth-order valence-corrected chi connectivity index (χ4v) is 3.04. The molecule has 1 aromatic carbocycles. The third-order valence-electron chi connectivity index (χ3n) is 4.11. The molecule has 3 amide bonds. The molecule has 130 valence electrons. The molecule has 0 unspecified atom stereocenters. The number of carbonyl (C=O) groups excluding carboxylic acids is 3. The standard InChI is InChI=1S/C18H13ClN4O3/c19-11-5-6-15-21-12(9-22(15)8-11)7-20-16(24)10-23-17(25)13-3-1-2-4-14(13)18(23)26/h1-6,8-9H,7,10H2,(H,20,24). The number of hydrogen-bond donors (Lipinski definition) is 1. The summed E-state index contributed by atoms with van der Waals surface area (Å²) < 4.78 is 1.76. The second-order valence-corrected chi connectivity index (χ2v) is 6.30. The van der Waals surface area contributed by atoms with E-state index in [1.807, 2.05) is 0 Å². The summed E-state index contributed by atoms with van der Waals surface area (Å²) in [6.07, 6.45) is 3.47. The van der Waals surface area contributed by atoms with Gasteiger partial charge in [-0.1, -0.05) is 23.7 Å². The van der Waals surface area contributed by atoms with Crippen LogP contribution in [0.4, 0.5) is 0 Å². The van der Waals surface area contributed by atoms with Crippen molar-refractivity contribution in [2.24, 2.45) is 0 Å². The number of aromatic nitrogens is 2. The molecule has 7 nitrogen and oxygen atoms in total. The molecule has 1 aliphatic rings. The van der Waals surface area contributed by atoms with Crippen molar-refractivity contribution in [2.45, 2.75) is 6.54 Å². The number of fused-ring (bicyclic) bond motifs is 2. The number of imide groups is 1. The molecule has 0 saturated heterocycles. The number of pyridine rings is 1. The van der Waals surface area contributed by atoms with Crippen LogP contribution in [0.1, 0.15) is 26.4 Å². The van der Waals surface area contributed by atoms with E-state index in [4.69, 9.17) is 11.6 Å². The van der Waals surface area contributed by atoms with Crippen LogP contribution >= 0.6 is 11.6 Å². The predicted molar refractivity (Wildman–Crippen MR) is 93.9 cm³/mol. The summed E-state index contributed by atoms with van der Waals surface area (Å²) in [5.74, 6) is -1.35. The van der Waals surface area contributed by atoms with Crippen molar-refractivity contribution in [3.63, 3.8) is 0 Å². The molecule has 0 saturated carbocycles. The highest BCUT2D eigenvalue weighted by atomic mass is 35.5. The fraction of sp³-hybridized carbons (Fsp3) is 0.111. The Morgan fingerprint density at radius 1 is 1.04 bits per heavy atom. The van der Waals surface area contributed by atoms with Gasteiger partial charge in [-0.05, 0) is 24.3 Å². The lowest BCUT2D eigenvalue weighted by Gasteiger charge is -2.13. The summed E-state index contributed by atoms with van der Waals surface area (Å²) >= 11 is 5.93. The number of halogens is 1.